The minimum Gasteiger partial charge on any atom is -0.350 e. The molecule has 0 saturated heterocycles. The van der Waals surface area contributed by atoms with E-state index in [4.69, 9.17) is 5.73 Å². The topological polar surface area (TPSA) is 89.3 Å². The van der Waals surface area contributed by atoms with Gasteiger partial charge in [-0.1, -0.05) is 33.6 Å². The van der Waals surface area contributed by atoms with E-state index in [0.717, 1.165) is 19.3 Å². The van der Waals surface area contributed by atoms with Crippen LogP contribution in [0.25, 0.3) is 0 Å². The standard InChI is InChI=1S/C11H20N2O3.C2H6.H2/c1-2-3-4-7-13-11(16)10(15)6-5-9(12)8-14;1-2;/h8-9H,2-7,12H2,1H3,(H,13,16);1-2H3;1H/t9-;;/m0../s1. The smallest absolute Gasteiger partial charge is 0.287 e. The molecule has 0 radical (unpaired) electrons. The molecule has 0 heterocycles. The Bertz CT molecular complexity index is 248. The van der Waals surface area contributed by atoms with Crippen LogP contribution in [0.2, 0.25) is 0 Å². The van der Waals surface area contributed by atoms with Crippen molar-refractivity contribution in [3.8, 4) is 0 Å². The summed E-state index contributed by atoms with van der Waals surface area (Å²) in [7, 11) is 0. The van der Waals surface area contributed by atoms with Crippen molar-refractivity contribution in [2.24, 2.45) is 5.73 Å². The van der Waals surface area contributed by atoms with Crippen LogP contribution in [0.1, 0.15) is 54.3 Å². The molecule has 5 heteroatoms. The second kappa shape index (κ2) is 13.8. The number of Topliss-reactive ketones (excluding diaryl/α,β-unsaturated/α-hetero) is 1. The lowest BCUT2D eigenvalue weighted by atomic mass is 10.1. The van der Waals surface area contributed by atoms with Crippen molar-refractivity contribution < 1.29 is 15.8 Å². The number of nitrogens with one attached hydrogen (secondary N) is 1. The van der Waals surface area contributed by atoms with Gasteiger partial charge in [0, 0.05) is 14.4 Å². The molecule has 0 aliphatic carbocycles. The van der Waals surface area contributed by atoms with Crippen LogP contribution in [0.3, 0.4) is 0 Å². The molecule has 1 amide bonds. The van der Waals surface area contributed by atoms with Gasteiger partial charge in [0.05, 0.1) is 6.04 Å². The lowest BCUT2D eigenvalue weighted by Crippen LogP contribution is -2.33. The van der Waals surface area contributed by atoms with Crippen LogP contribution in [-0.2, 0) is 14.4 Å². The molecule has 0 aromatic heterocycles. The fraction of sp³-hybridized carbons (Fsp3) is 0.769. The number of unbranched alkanes of at least 4 members (excludes halogenated alkanes) is 2. The number of carbonyl (C=O) groups is 3. The second-order valence-corrected chi connectivity index (χ2v) is 3.72. The van der Waals surface area contributed by atoms with Crippen LogP contribution in [0.4, 0.5) is 0 Å². The maximum atomic E-state index is 11.2. The van der Waals surface area contributed by atoms with Gasteiger partial charge in [-0.3, -0.25) is 9.59 Å². The second-order valence-electron chi connectivity index (χ2n) is 3.72. The summed E-state index contributed by atoms with van der Waals surface area (Å²) in [6.45, 7) is 6.59. The SMILES string of the molecule is CC.CCCCCNC(=O)C(=O)CC[C@H](N)C=O.[HH]. The molecule has 0 aromatic rings. The van der Waals surface area contributed by atoms with E-state index in [1.54, 1.807) is 0 Å². The van der Waals surface area contributed by atoms with Crippen molar-refractivity contribution >= 4 is 18.0 Å². The summed E-state index contributed by atoms with van der Waals surface area (Å²) in [4.78, 5) is 32.7. The highest BCUT2D eigenvalue weighted by Gasteiger charge is 2.13. The third-order valence-electron chi connectivity index (χ3n) is 2.20. The van der Waals surface area contributed by atoms with Gasteiger partial charge in [-0.15, -0.1) is 0 Å². The van der Waals surface area contributed by atoms with E-state index in [9.17, 15) is 14.4 Å². The fourth-order valence-electron chi connectivity index (χ4n) is 1.15. The van der Waals surface area contributed by atoms with E-state index in [2.05, 4.69) is 12.2 Å². The Hall–Kier alpha value is -1.23. The Morgan fingerprint density at radius 1 is 1.33 bits per heavy atom. The molecule has 0 saturated carbocycles. The van der Waals surface area contributed by atoms with E-state index in [1.807, 2.05) is 13.8 Å². The van der Waals surface area contributed by atoms with Crippen LogP contribution < -0.4 is 11.1 Å². The Morgan fingerprint density at radius 2 is 1.94 bits per heavy atom. The van der Waals surface area contributed by atoms with E-state index in [1.165, 1.54) is 0 Å². The first-order valence-corrected chi connectivity index (χ1v) is 6.63. The van der Waals surface area contributed by atoms with Gasteiger partial charge in [-0.25, -0.2) is 0 Å². The quantitative estimate of drug-likeness (QED) is 0.373. The molecule has 3 N–H and O–H groups in total. The summed E-state index contributed by atoms with van der Waals surface area (Å²) in [6.07, 6.45) is 3.81. The summed E-state index contributed by atoms with van der Waals surface area (Å²) in [5, 5.41) is 2.54. The van der Waals surface area contributed by atoms with Gasteiger partial charge in [0.2, 0.25) is 5.78 Å². The van der Waals surface area contributed by atoms with Crippen molar-refractivity contribution in [1.82, 2.24) is 5.32 Å². The molecule has 0 fully saturated rings. The minimum atomic E-state index is -0.656. The minimum absolute atomic E-state index is 0. The molecule has 0 aliphatic rings. The number of hydrogen-bond acceptors (Lipinski definition) is 4. The maximum Gasteiger partial charge on any atom is 0.287 e. The highest BCUT2D eigenvalue weighted by molar-refractivity contribution is 6.36. The zero-order valence-corrected chi connectivity index (χ0v) is 11.7. The van der Waals surface area contributed by atoms with Crippen molar-refractivity contribution in [2.75, 3.05) is 6.54 Å². The summed E-state index contributed by atoms with van der Waals surface area (Å²) >= 11 is 0. The lowest BCUT2D eigenvalue weighted by molar-refractivity contribution is -0.138. The fourth-order valence-corrected chi connectivity index (χ4v) is 1.15. The van der Waals surface area contributed by atoms with Gasteiger partial charge in [-0.2, -0.15) is 0 Å². The molecule has 108 valence electrons. The largest absolute Gasteiger partial charge is 0.350 e. The summed E-state index contributed by atoms with van der Waals surface area (Å²) in [5.74, 6) is -1.08. The molecule has 0 spiro atoms. The molecule has 0 bridgehead atoms. The van der Waals surface area contributed by atoms with Crippen LogP contribution >= 0.6 is 0 Å². The molecular weight excluding hydrogens is 232 g/mol. The first-order chi connectivity index (χ1) is 8.61. The number of ketones is 1. The van der Waals surface area contributed by atoms with Gasteiger partial charge >= 0.3 is 0 Å². The van der Waals surface area contributed by atoms with Gasteiger partial charge in [0.25, 0.3) is 5.91 Å². The van der Waals surface area contributed by atoms with Crippen LogP contribution in [-0.4, -0.2) is 30.6 Å². The molecule has 0 aliphatic heterocycles. The first kappa shape index (κ1) is 19.1. The predicted molar refractivity (Wildman–Crippen MR) is 74.3 cm³/mol. The van der Waals surface area contributed by atoms with E-state index in [-0.39, 0.29) is 14.3 Å². The zero-order chi connectivity index (χ0) is 14.4. The third kappa shape index (κ3) is 11.3. The molecule has 1 atom stereocenters. The molecule has 0 rings (SSSR count). The van der Waals surface area contributed by atoms with Gasteiger partial charge in [0.15, 0.2) is 0 Å². The number of rotatable bonds is 9. The van der Waals surface area contributed by atoms with E-state index in [0.29, 0.717) is 12.8 Å². The van der Waals surface area contributed by atoms with Crippen molar-refractivity contribution in [1.29, 1.82) is 0 Å². The van der Waals surface area contributed by atoms with Gasteiger partial charge in [-0.05, 0) is 12.8 Å². The number of hydrogen-bond donors (Lipinski definition) is 2. The third-order valence-corrected chi connectivity index (χ3v) is 2.20. The lowest BCUT2D eigenvalue weighted by Gasteiger charge is -2.04. The Kier molecular flexibility index (Phi) is 14.7. The van der Waals surface area contributed by atoms with Crippen LogP contribution in [0.15, 0.2) is 0 Å². The van der Waals surface area contributed by atoms with Gasteiger partial charge < -0.3 is 15.8 Å². The monoisotopic (exact) mass is 260 g/mol. The van der Waals surface area contributed by atoms with Crippen molar-refractivity contribution in [2.45, 2.75) is 58.9 Å². The Balaban J connectivity index is -0.000000809. The summed E-state index contributed by atoms with van der Waals surface area (Å²) in [5.41, 5.74) is 5.31. The number of aldehydes is 1. The molecular formula is C13H28N2O3. The Labute approximate surface area is 111 Å². The van der Waals surface area contributed by atoms with Gasteiger partial charge in [0.1, 0.15) is 6.29 Å². The zero-order valence-electron chi connectivity index (χ0n) is 11.7. The predicted octanol–water partition coefficient (Wildman–Crippen LogP) is 1.44. The number of carbonyl (C=O) groups excluding carboxylic acids is 3. The molecule has 0 aromatic carbocycles. The number of nitrogens with two attached hydrogens (primary N) is 1. The molecule has 5 nitrogen and oxygen atoms in total. The maximum absolute atomic E-state index is 11.2. The highest BCUT2D eigenvalue weighted by atomic mass is 16.2. The summed E-state index contributed by atoms with van der Waals surface area (Å²) in [6, 6.07) is -0.656. The average Bonchev–Trinajstić information content (AvgIpc) is 2.42. The van der Waals surface area contributed by atoms with Crippen molar-refractivity contribution in [3.63, 3.8) is 0 Å². The highest BCUT2D eigenvalue weighted by Crippen LogP contribution is 1.95. The first-order valence-electron chi connectivity index (χ1n) is 6.63. The Morgan fingerprint density at radius 3 is 2.44 bits per heavy atom. The van der Waals surface area contributed by atoms with Crippen LogP contribution in [0.5, 0.6) is 0 Å². The summed E-state index contributed by atoms with van der Waals surface area (Å²) < 4.78 is 0. The average molecular weight is 260 g/mol. The molecule has 18 heavy (non-hydrogen) atoms. The van der Waals surface area contributed by atoms with E-state index >= 15 is 0 Å². The number of amides is 1. The normalized spacial score (nSPS) is 10.9. The van der Waals surface area contributed by atoms with Crippen LogP contribution in [0, 0.1) is 0 Å². The molecule has 0 unspecified atom stereocenters. The van der Waals surface area contributed by atoms with E-state index < -0.39 is 17.7 Å². The van der Waals surface area contributed by atoms with Crippen molar-refractivity contribution in [3.05, 3.63) is 0 Å².